The summed E-state index contributed by atoms with van der Waals surface area (Å²) in [6.07, 6.45) is 0. The number of hydrazine groups is 1. The van der Waals surface area contributed by atoms with Crippen LogP contribution < -0.4 is 11.3 Å². The van der Waals surface area contributed by atoms with Gasteiger partial charge in [0.1, 0.15) is 0 Å². The molecule has 1 aliphatic carbocycles. The van der Waals surface area contributed by atoms with Gasteiger partial charge in [-0.15, -0.1) is 0 Å². The van der Waals surface area contributed by atoms with Gasteiger partial charge in [0.05, 0.1) is 6.04 Å². The Hall–Kier alpha value is -0.280. The van der Waals surface area contributed by atoms with Crippen LogP contribution in [0.15, 0.2) is 18.2 Å². The van der Waals surface area contributed by atoms with Crippen molar-refractivity contribution >= 4 is 23.2 Å². The Morgan fingerprint density at radius 3 is 2.17 bits per heavy atom. The quantitative estimate of drug-likeness (QED) is 0.646. The van der Waals surface area contributed by atoms with Crippen LogP contribution in [0.2, 0.25) is 10.0 Å². The lowest BCUT2D eigenvalue weighted by atomic mass is 9.97. The summed E-state index contributed by atoms with van der Waals surface area (Å²) in [5, 5.41) is 1.40. The molecule has 0 spiro atoms. The van der Waals surface area contributed by atoms with E-state index in [4.69, 9.17) is 29.0 Å². The molecule has 1 fully saturated rings. The number of halogens is 2. The van der Waals surface area contributed by atoms with Gasteiger partial charge in [0.2, 0.25) is 0 Å². The Morgan fingerprint density at radius 1 is 1.17 bits per heavy atom. The number of benzene rings is 1. The summed E-state index contributed by atoms with van der Waals surface area (Å²) in [6, 6.07) is 5.55. The van der Waals surface area contributed by atoms with Crippen LogP contribution in [0.5, 0.6) is 0 Å². The predicted molar refractivity (Wildman–Crippen MR) is 77.6 cm³/mol. The third kappa shape index (κ3) is 1.96. The molecule has 2 rings (SSSR count). The van der Waals surface area contributed by atoms with Crippen molar-refractivity contribution in [1.82, 2.24) is 5.43 Å². The normalized spacial score (nSPS) is 22.8. The van der Waals surface area contributed by atoms with Gasteiger partial charge in [-0.05, 0) is 40.5 Å². The fourth-order valence-electron chi connectivity index (χ4n) is 3.20. The molecule has 0 radical (unpaired) electrons. The van der Waals surface area contributed by atoms with E-state index in [1.807, 2.05) is 12.1 Å². The van der Waals surface area contributed by atoms with Gasteiger partial charge in [-0.1, -0.05) is 50.9 Å². The molecular formula is C14H20Cl2N2. The molecule has 1 saturated carbocycles. The molecule has 0 amide bonds. The number of nitrogens with one attached hydrogen (secondary N) is 1. The van der Waals surface area contributed by atoms with Gasteiger partial charge in [-0.3, -0.25) is 11.3 Å². The zero-order chi connectivity index (χ0) is 13.7. The van der Waals surface area contributed by atoms with Gasteiger partial charge in [-0.2, -0.15) is 0 Å². The highest BCUT2D eigenvalue weighted by atomic mass is 35.5. The Labute approximate surface area is 119 Å². The molecule has 0 aromatic heterocycles. The monoisotopic (exact) mass is 286 g/mol. The molecule has 0 saturated heterocycles. The maximum absolute atomic E-state index is 6.27. The van der Waals surface area contributed by atoms with Gasteiger partial charge in [0.25, 0.3) is 0 Å². The van der Waals surface area contributed by atoms with E-state index in [0.29, 0.717) is 16.0 Å². The molecule has 3 N–H and O–H groups in total. The summed E-state index contributed by atoms with van der Waals surface area (Å²) in [6.45, 7) is 9.06. The van der Waals surface area contributed by atoms with E-state index in [0.717, 1.165) is 5.56 Å². The second kappa shape index (κ2) is 4.38. The second-order valence-corrected chi connectivity index (χ2v) is 7.07. The smallest absolute Gasteiger partial charge is 0.0514 e. The molecule has 100 valence electrons. The fraction of sp³-hybridized carbons (Fsp3) is 0.571. The first-order chi connectivity index (χ1) is 8.23. The second-order valence-electron chi connectivity index (χ2n) is 6.23. The zero-order valence-corrected chi connectivity index (χ0v) is 12.7. The number of hydrogen-bond donors (Lipinski definition) is 2. The van der Waals surface area contributed by atoms with E-state index in [2.05, 4.69) is 33.1 Å². The van der Waals surface area contributed by atoms with Crippen LogP contribution in [0.3, 0.4) is 0 Å². The molecule has 0 bridgehead atoms. The summed E-state index contributed by atoms with van der Waals surface area (Å²) in [5.41, 5.74) is 4.36. The third-order valence-corrected chi connectivity index (χ3v) is 5.52. The first-order valence-corrected chi connectivity index (χ1v) is 6.90. The van der Waals surface area contributed by atoms with E-state index in [1.54, 1.807) is 6.07 Å². The fourth-order valence-corrected chi connectivity index (χ4v) is 3.61. The summed E-state index contributed by atoms with van der Waals surface area (Å²) >= 11 is 12.3. The van der Waals surface area contributed by atoms with E-state index in [-0.39, 0.29) is 16.9 Å². The minimum Gasteiger partial charge on any atom is -0.271 e. The van der Waals surface area contributed by atoms with Gasteiger partial charge < -0.3 is 0 Å². The Kier molecular flexibility index (Phi) is 3.44. The maximum Gasteiger partial charge on any atom is 0.0514 e. The van der Waals surface area contributed by atoms with Crippen molar-refractivity contribution in [3.05, 3.63) is 33.8 Å². The topological polar surface area (TPSA) is 38.0 Å². The molecular weight excluding hydrogens is 267 g/mol. The van der Waals surface area contributed by atoms with E-state index < -0.39 is 0 Å². The average molecular weight is 287 g/mol. The Balaban J connectivity index is 2.39. The van der Waals surface area contributed by atoms with Crippen molar-refractivity contribution in [2.24, 2.45) is 22.6 Å². The van der Waals surface area contributed by atoms with Gasteiger partial charge in [0.15, 0.2) is 0 Å². The highest BCUT2D eigenvalue weighted by Gasteiger charge is 2.67. The average Bonchev–Trinajstić information content (AvgIpc) is 2.67. The molecule has 4 heteroatoms. The van der Waals surface area contributed by atoms with E-state index in [9.17, 15) is 0 Å². The molecule has 2 nitrogen and oxygen atoms in total. The SMILES string of the molecule is CC1(C)C(C(NN)c2cc(Cl)ccc2Cl)C1(C)C. The lowest BCUT2D eigenvalue weighted by molar-refractivity contribution is 0.418. The lowest BCUT2D eigenvalue weighted by Crippen LogP contribution is -2.31. The molecule has 0 heterocycles. The maximum atomic E-state index is 6.27. The van der Waals surface area contributed by atoms with Crippen LogP contribution in [-0.2, 0) is 0 Å². The van der Waals surface area contributed by atoms with Crippen molar-refractivity contribution in [2.75, 3.05) is 0 Å². The van der Waals surface area contributed by atoms with E-state index >= 15 is 0 Å². The van der Waals surface area contributed by atoms with Gasteiger partial charge in [-0.25, -0.2) is 0 Å². The van der Waals surface area contributed by atoms with Crippen molar-refractivity contribution in [3.8, 4) is 0 Å². The van der Waals surface area contributed by atoms with Crippen LogP contribution >= 0.6 is 23.2 Å². The van der Waals surface area contributed by atoms with Crippen LogP contribution in [0.25, 0.3) is 0 Å². The Bertz CT molecular complexity index is 455. The number of hydrogen-bond acceptors (Lipinski definition) is 2. The van der Waals surface area contributed by atoms with Crippen molar-refractivity contribution < 1.29 is 0 Å². The molecule has 1 unspecified atom stereocenters. The van der Waals surface area contributed by atoms with Crippen LogP contribution in [-0.4, -0.2) is 0 Å². The standard InChI is InChI=1S/C14H20Cl2N2/c1-13(2)12(14(13,3)4)11(18-17)9-7-8(15)5-6-10(9)16/h5-7,11-12,18H,17H2,1-4H3. The van der Waals surface area contributed by atoms with Crippen LogP contribution in [0.1, 0.15) is 39.3 Å². The zero-order valence-electron chi connectivity index (χ0n) is 11.2. The molecule has 1 aromatic rings. The molecule has 18 heavy (non-hydrogen) atoms. The lowest BCUT2D eigenvalue weighted by Gasteiger charge is -2.20. The first kappa shape index (κ1) is 14.1. The molecule has 1 aliphatic rings. The van der Waals surface area contributed by atoms with Gasteiger partial charge in [0, 0.05) is 10.0 Å². The molecule has 1 aromatic carbocycles. The summed E-state index contributed by atoms with van der Waals surface area (Å²) < 4.78 is 0. The van der Waals surface area contributed by atoms with Gasteiger partial charge >= 0.3 is 0 Å². The highest BCUT2D eigenvalue weighted by Crippen LogP contribution is 2.72. The van der Waals surface area contributed by atoms with Crippen molar-refractivity contribution in [1.29, 1.82) is 0 Å². The summed E-state index contributed by atoms with van der Waals surface area (Å²) in [5.74, 6) is 6.19. The van der Waals surface area contributed by atoms with Crippen molar-refractivity contribution in [3.63, 3.8) is 0 Å². The van der Waals surface area contributed by atoms with Crippen LogP contribution in [0.4, 0.5) is 0 Å². The number of nitrogens with two attached hydrogens (primary N) is 1. The Morgan fingerprint density at radius 2 is 1.72 bits per heavy atom. The molecule has 0 aliphatic heterocycles. The highest BCUT2D eigenvalue weighted by molar-refractivity contribution is 6.33. The largest absolute Gasteiger partial charge is 0.271 e. The molecule has 1 atom stereocenters. The third-order valence-electron chi connectivity index (χ3n) is 4.94. The number of rotatable bonds is 3. The van der Waals surface area contributed by atoms with Crippen molar-refractivity contribution in [2.45, 2.75) is 33.7 Å². The minimum atomic E-state index is 0.0289. The predicted octanol–water partition coefficient (Wildman–Crippen LogP) is 4.18. The van der Waals surface area contributed by atoms with E-state index in [1.165, 1.54) is 0 Å². The minimum absolute atomic E-state index is 0.0289. The summed E-state index contributed by atoms with van der Waals surface area (Å²) in [4.78, 5) is 0. The first-order valence-electron chi connectivity index (χ1n) is 6.14. The van der Waals surface area contributed by atoms with Crippen LogP contribution in [0, 0.1) is 16.7 Å². The summed E-state index contributed by atoms with van der Waals surface area (Å²) in [7, 11) is 0.